The van der Waals surface area contributed by atoms with Gasteiger partial charge in [0.2, 0.25) is 0 Å². The molecule has 5 nitrogen and oxygen atoms in total. The molecule has 1 amide bonds. The van der Waals surface area contributed by atoms with Gasteiger partial charge in [-0.15, -0.1) is 0 Å². The molecular formula is C18H16ClN3O2S. The lowest BCUT2D eigenvalue weighted by atomic mass is 10.2. The second-order valence-electron chi connectivity index (χ2n) is 5.18. The molecule has 0 saturated carbocycles. The third kappa shape index (κ3) is 4.03. The summed E-state index contributed by atoms with van der Waals surface area (Å²) >= 11 is 7.35. The zero-order chi connectivity index (χ0) is 17.8. The van der Waals surface area contributed by atoms with E-state index < -0.39 is 0 Å². The first kappa shape index (κ1) is 17.5. The summed E-state index contributed by atoms with van der Waals surface area (Å²) in [4.78, 5) is 23.0. The van der Waals surface area contributed by atoms with Gasteiger partial charge in [0.1, 0.15) is 11.4 Å². The zero-order valence-electron chi connectivity index (χ0n) is 13.8. The third-order valence-corrected chi connectivity index (χ3v) is 4.80. The van der Waals surface area contributed by atoms with Crippen molar-refractivity contribution in [2.45, 2.75) is 6.92 Å². The summed E-state index contributed by atoms with van der Waals surface area (Å²) in [6.07, 6.45) is 3.44. The van der Waals surface area contributed by atoms with Gasteiger partial charge in [-0.3, -0.25) is 9.69 Å². The number of amides is 1. The van der Waals surface area contributed by atoms with Gasteiger partial charge in [-0.2, -0.15) is 0 Å². The molecule has 1 aliphatic heterocycles. The van der Waals surface area contributed by atoms with Crippen molar-refractivity contribution in [3.63, 3.8) is 0 Å². The fraction of sp³-hybridized carbons (Fsp3) is 0.167. The highest BCUT2D eigenvalue weighted by Crippen LogP contribution is 2.34. The molecule has 7 heteroatoms. The van der Waals surface area contributed by atoms with Crippen LogP contribution < -0.4 is 4.74 Å². The van der Waals surface area contributed by atoms with Gasteiger partial charge in [0.25, 0.3) is 5.91 Å². The molecule has 1 fully saturated rings. The van der Waals surface area contributed by atoms with Crippen molar-refractivity contribution < 1.29 is 9.53 Å². The first-order valence-corrected chi connectivity index (χ1v) is 8.87. The Morgan fingerprint density at radius 2 is 2.08 bits per heavy atom. The Morgan fingerprint density at radius 3 is 2.76 bits per heavy atom. The lowest BCUT2D eigenvalue weighted by Crippen LogP contribution is -2.23. The van der Waals surface area contributed by atoms with Crippen LogP contribution in [0.2, 0.25) is 5.15 Å². The SMILES string of the molecule is CCOc1ccc(/C=C2\SC(=Nc3cccnc3Cl)N(C)C2=O)cc1. The summed E-state index contributed by atoms with van der Waals surface area (Å²) in [5.74, 6) is 0.707. The maximum atomic E-state index is 12.4. The number of nitrogens with zero attached hydrogens (tertiary/aromatic N) is 3. The lowest BCUT2D eigenvalue weighted by molar-refractivity contribution is -0.121. The Hall–Kier alpha value is -2.31. The van der Waals surface area contributed by atoms with Crippen molar-refractivity contribution in [3.8, 4) is 5.75 Å². The van der Waals surface area contributed by atoms with Crippen LogP contribution in [0.4, 0.5) is 5.69 Å². The lowest BCUT2D eigenvalue weighted by Gasteiger charge is -2.07. The number of amidine groups is 1. The van der Waals surface area contributed by atoms with Gasteiger partial charge < -0.3 is 4.74 Å². The molecule has 25 heavy (non-hydrogen) atoms. The topological polar surface area (TPSA) is 54.8 Å². The van der Waals surface area contributed by atoms with Crippen molar-refractivity contribution in [3.05, 3.63) is 58.2 Å². The summed E-state index contributed by atoms with van der Waals surface area (Å²) in [5.41, 5.74) is 1.46. The molecule has 0 aliphatic carbocycles. The highest BCUT2D eigenvalue weighted by Gasteiger charge is 2.30. The van der Waals surface area contributed by atoms with Crippen molar-refractivity contribution in [1.29, 1.82) is 0 Å². The monoisotopic (exact) mass is 373 g/mol. The van der Waals surface area contributed by atoms with Crippen LogP contribution >= 0.6 is 23.4 Å². The van der Waals surface area contributed by atoms with Gasteiger partial charge in [-0.1, -0.05) is 23.7 Å². The molecule has 1 aromatic carbocycles. The first-order chi connectivity index (χ1) is 12.1. The molecular weight excluding hydrogens is 358 g/mol. The van der Waals surface area contributed by atoms with Crippen LogP contribution in [0.3, 0.4) is 0 Å². The molecule has 3 rings (SSSR count). The average molecular weight is 374 g/mol. The quantitative estimate of drug-likeness (QED) is 0.590. The zero-order valence-corrected chi connectivity index (χ0v) is 15.3. The smallest absolute Gasteiger partial charge is 0.266 e. The van der Waals surface area contributed by atoms with E-state index >= 15 is 0 Å². The van der Waals surface area contributed by atoms with E-state index in [4.69, 9.17) is 16.3 Å². The van der Waals surface area contributed by atoms with E-state index in [1.54, 1.807) is 25.4 Å². The fourth-order valence-corrected chi connectivity index (χ4v) is 3.34. The number of hydrogen-bond donors (Lipinski definition) is 0. The molecule has 1 aliphatic rings. The number of aliphatic imine (C=N–C) groups is 1. The van der Waals surface area contributed by atoms with Crippen LogP contribution in [0.1, 0.15) is 12.5 Å². The predicted molar refractivity (Wildman–Crippen MR) is 102 cm³/mol. The Labute approximate surface area is 155 Å². The van der Waals surface area contributed by atoms with Gasteiger partial charge in [-0.05, 0) is 54.6 Å². The average Bonchev–Trinajstić information content (AvgIpc) is 2.87. The number of thioether (sulfide) groups is 1. The first-order valence-electron chi connectivity index (χ1n) is 7.68. The molecule has 128 valence electrons. The minimum Gasteiger partial charge on any atom is -0.494 e. The Bertz CT molecular complexity index is 850. The van der Waals surface area contributed by atoms with Crippen LogP contribution in [0.5, 0.6) is 5.75 Å². The van der Waals surface area contributed by atoms with Crippen LogP contribution in [-0.2, 0) is 4.79 Å². The number of carbonyl (C=O) groups is 1. The minimum atomic E-state index is -0.0994. The summed E-state index contributed by atoms with van der Waals surface area (Å²) in [5, 5.41) is 0.873. The second kappa shape index (κ2) is 7.72. The summed E-state index contributed by atoms with van der Waals surface area (Å²) in [6, 6.07) is 11.1. The van der Waals surface area contributed by atoms with Gasteiger partial charge >= 0.3 is 0 Å². The third-order valence-electron chi connectivity index (χ3n) is 3.45. The number of benzene rings is 1. The van der Waals surface area contributed by atoms with Crippen LogP contribution in [0, 0.1) is 0 Å². The maximum absolute atomic E-state index is 12.4. The van der Waals surface area contributed by atoms with Crippen molar-refractivity contribution >= 4 is 46.2 Å². The Balaban J connectivity index is 1.84. The Kier molecular flexibility index (Phi) is 5.40. The van der Waals surface area contributed by atoms with Crippen molar-refractivity contribution in [2.24, 2.45) is 4.99 Å². The van der Waals surface area contributed by atoms with E-state index in [9.17, 15) is 4.79 Å². The van der Waals surface area contributed by atoms with Gasteiger partial charge in [-0.25, -0.2) is 9.98 Å². The van der Waals surface area contributed by atoms with Crippen LogP contribution in [-0.4, -0.2) is 34.6 Å². The van der Waals surface area contributed by atoms with Gasteiger partial charge in [0.05, 0.1) is 11.5 Å². The number of likely N-dealkylation sites (N-methyl/N-ethyl adjacent to an activating group) is 1. The van der Waals surface area contributed by atoms with E-state index in [1.807, 2.05) is 37.3 Å². The molecule has 1 aromatic heterocycles. The highest BCUT2D eigenvalue weighted by molar-refractivity contribution is 8.18. The number of halogens is 1. The largest absolute Gasteiger partial charge is 0.494 e. The molecule has 0 unspecified atom stereocenters. The molecule has 0 radical (unpaired) electrons. The summed E-state index contributed by atoms with van der Waals surface area (Å²) in [7, 11) is 1.69. The molecule has 1 saturated heterocycles. The van der Waals surface area contributed by atoms with Gasteiger partial charge in [0, 0.05) is 13.2 Å². The Morgan fingerprint density at radius 1 is 1.32 bits per heavy atom. The minimum absolute atomic E-state index is 0.0994. The second-order valence-corrected chi connectivity index (χ2v) is 6.55. The van der Waals surface area contributed by atoms with Crippen molar-refractivity contribution in [1.82, 2.24) is 9.88 Å². The molecule has 2 heterocycles. The normalized spacial score (nSPS) is 17.6. The van der Waals surface area contributed by atoms with Gasteiger partial charge in [0.15, 0.2) is 10.3 Å². The number of carbonyl (C=O) groups excluding carboxylic acids is 1. The van der Waals surface area contributed by atoms with E-state index in [2.05, 4.69) is 9.98 Å². The van der Waals surface area contributed by atoms with Crippen molar-refractivity contribution in [2.75, 3.05) is 13.7 Å². The fourth-order valence-electron chi connectivity index (χ4n) is 2.19. The number of aromatic nitrogens is 1. The predicted octanol–water partition coefficient (Wildman–Crippen LogP) is 4.37. The number of pyridine rings is 1. The van der Waals surface area contributed by atoms with Crippen LogP contribution in [0.25, 0.3) is 6.08 Å². The van der Waals surface area contributed by atoms with Crippen LogP contribution in [0.15, 0.2) is 52.5 Å². The summed E-state index contributed by atoms with van der Waals surface area (Å²) < 4.78 is 5.43. The molecule has 2 aromatic rings. The van der Waals surface area contributed by atoms with E-state index in [1.165, 1.54) is 16.7 Å². The van der Waals surface area contributed by atoms with E-state index in [-0.39, 0.29) is 5.91 Å². The van der Waals surface area contributed by atoms with E-state index in [0.29, 0.717) is 27.5 Å². The standard InChI is InChI=1S/C18H16ClN3O2S/c1-3-24-13-8-6-12(7-9-13)11-15-17(23)22(2)18(25-15)21-14-5-4-10-20-16(14)19/h4-11H,3H2,1-2H3/b15-11-,21-18?. The molecule has 0 atom stereocenters. The maximum Gasteiger partial charge on any atom is 0.266 e. The molecule has 0 spiro atoms. The number of hydrogen-bond acceptors (Lipinski definition) is 5. The molecule has 0 bridgehead atoms. The summed E-state index contributed by atoms with van der Waals surface area (Å²) in [6.45, 7) is 2.56. The highest BCUT2D eigenvalue weighted by atomic mass is 35.5. The molecule has 0 N–H and O–H groups in total. The van der Waals surface area contributed by atoms with E-state index in [0.717, 1.165) is 11.3 Å². The number of rotatable bonds is 4. The number of ether oxygens (including phenoxy) is 1.